The number of aromatic nitrogens is 2. The predicted octanol–water partition coefficient (Wildman–Crippen LogP) is 4.43. The molecule has 0 aliphatic carbocycles. The van der Waals surface area contributed by atoms with Crippen molar-refractivity contribution in [1.29, 1.82) is 0 Å². The normalized spacial score (nSPS) is 11.0. The molecule has 122 valence electrons. The average molecular weight is 337 g/mol. The Hall–Kier alpha value is -2.53. The van der Waals surface area contributed by atoms with E-state index in [1.54, 1.807) is 0 Å². The highest BCUT2D eigenvalue weighted by atomic mass is 32.1. The molecule has 0 spiro atoms. The van der Waals surface area contributed by atoms with Gasteiger partial charge in [-0.25, -0.2) is 0 Å². The van der Waals surface area contributed by atoms with Crippen LogP contribution in [0.3, 0.4) is 0 Å². The Balaban J connectivity index is 1.89. The zero-order chi connectivity index (χ0) is 16.9. The van der Waals surface area contributed by atoms with Gasteiger partial charge in [-0.3, -0.25) is 10.1 Å². The number of hydrogen-bond donors (Lipinski definition) is 1. The molecule has 1 heterocycles. The van der Waals surface area contributed by atoms with Crippen LogP contribution in [0.5, 0.6) is 0 Å². The molecule has 1 amide bonds. The van der Waals surface area contributed by atoms with Gasteiger partial charge in [0, 0.05) is 5.92 Å². The summed E-state index contributed by atoms with van der Waals surface area (Å²) >= 11 is 1.42. The molecular weight excluding hydrogens is 318 g/mol. The first kappa shape index (κ1) is 16.3. The quantitative estimate of drug-likeness (QED) is 0.749. The van der Waals surface area contributed by atoms with Gasteiger partial charge in [-0.2, -0.15) is 0 Å². The van der Waals surface area contributed by atoms with E-state index in [0.29, 0.717) is 11.0 Å². The van der Waals surface area contributed by atoms with Gasteiger partial charge in [0.15, 0.2) is 0 Å². The number of carbonyl (C=O) groups is 1. The molecule has 0 fully saturated rings. The van der Waals surface area contributed by atoms with Gasteiger partial charge < -0.3 is 0 Å². The van der Waals surface area contributed by atoms with Crippen LogP contribution in [-0.4, -0.2) is 16.1 Å². The van der Waals surface area contributed by atoms with Crippen LogP contribution in [0.2, 0.25) is 0 Å². The molecule has 0 saturated heterocycles. The minimum atomic E-state index is -0.376. The molecule has 1 aromatic heterocycles. The topological polar surface area (TPSA) is 54.9 Å². The fourth-order valence-electron chi connectivity index (χ4n) is 2.48. The fourth-order valence-corrected chi connectivity index (χ4v) is 3.23. The van der Waals surface area contributed by atoms with Crippen molar-refractivity contribution in [2.75, 3.05) is 5.32 Å². The summed E-state index contributed by atoms with van der Waals surface area (Å²) in [6, 6.07) is 19.6. The first-order valence-corrected chi connectivity index (χ1v) is 8.71. The van der Waals surface area contributed by atoms with Gasteiger partial charge in [0.05, 0.1) is 5.92 Å². The van der Waals surface area contributed by atoms with Crippen molar-refractivity contribution in [2.24, 2.45) is 0 Å². The largest absolute Gasteiger partial charge is 0.300 e. The fraction of sp³-hybridized carbons (Fsp3) is 0.211. The molecule has 0 aliphatic rings. The lowest BCUT2D eigenvalue weighted by atomic mass is 9.90. The maximum absolute atomic E-state index is 12.9. The predicted molar refractivity (Wildman–Crippen MR) is 97.4 cm³/mol. The summed E-state index contributed by atoms with van der Waals surface area (Å²) in [7, 11) is 0. The van der Waals surface area contributed by atoms with Crippen LogP contribution in [-0.2, 0) is 4.79 Å². The van der Waals surface area contributed by atoms with Crippen LogP contribution >= 0.6 is 11.3 Å². The smallest absolute Gasteiger partial charge is 0.238 e. The van der Waals surface area contributed by atoms with Crippen LogP contribution in [0.1, 0.15) is 41.8 Å². The monoisotopic (exact) mass is 337 g/mol. The molecule has 24 heavy (non-hydrogen) atoms. The Morgan fingerprint density at radius 3 is 1.92 bits per heavy atom. The molecule has 1 N–H and O–H groups in total. The summed E-state index contributed by atoms with van der Waals surface area (Å²) in [6.45, 7) is 4.12. The van der Waals surface area contributed by atoms with Gasteiger partial charge >= 0.3 is 0 Å². The summed E-state index contributed by atoms with van der Waals surface area (Å²) in [5, 5.41) is 12.6. The highest BCUT2D eigenvalue weighted by molar-refractivity contribution is 7.15. The third-order valence-electron chi connectivity index (χ3n) is 3.69. The first-order chi connectivity index (χ1) is 11.6. The summed E-state index contributed by atoms with van der Waals surface area (Å²) in [4.78, 5) is 12.9. The van der Waals surface area contributed by atoms with Crippen LogP contribution in [0.25, 0.3) is 0 Å². The van der Waals surface area contributed by atoms with Gasteiger partial charge in [0.25, 0.3) is 0 Å². The Bertz CT molecular complexity index is 760. The Kier molecular flexibility index (Phi) is 5.01. The second-order valence-electron chi connectivity index (χ2n) is 5.84. The van der Waals surface area contributed by atoms with Crippen molar-refractivity contribution in [3.63, 3.8) is 0 Å². The number of rotatable bonds is 5. The number of carbonyl (C=O) groups excluding carboxylic acids is 1. The van der Waals surface area contributed by atoms with Crippen molar-refractivity contribution < 1.29 is 4.79 Å². The standard InChI is InChI=1S/C19H19N3OS/c1-13(2)18-21-22-19(24-18)20-17(23)16(14-9-5-3-6-10-14)15-11-7-4-8-12-15/h3-13,16H,1-2H3,(H,20,22,23). The number of benzene rings is 2. The minimum Gasteiger partial charge on any atom is -0.300 e. The lowest BCUT2D eigenvalue weighted by molar-refractivity contribution is -0.116. The van der Waals surface area contributed by atoms with E-state index in [0.717, 1.165) is 16.1 Å². The summed E-state index contributed by atoms with van der Waals surface area (Å²) in [5.74, 6) is -0.176. The highest BCUT2D eigenvalue weighted by Crippen LogP contribution is 2.28. The molecular formula is C19H19N3OS. The highest BCUT2D eigenvalue weighted by Gasteiger charge is 2.23. The van der Waals surface area contributed by atoms with Crippen molar-refractivity contribution in [2.45, 2.75) is 25.7 Å². The summed E-state index contributed by atoms with van der Waals surface area (Å²) < 4.78 is 0. The number of nitrogens with zero attached hydrogens (tertiary/aromatic N) is 2. The second kappa shape index (κ2) is 7.36. The van der Waals surface area contributed by atoms with Crippen LogP contribution in [0.4, 0.5) is 5.13 Å². The maximum Gasteiger partial charge on any atom is 0.238 e. The van der Waals surface area contributed by atoms with Crippen molar-refractivity contribution in [3.8, 4) is 0 Å². The molecule has 3 aromatic rings. The third kappa shape index (κ3) is 3.68. The van der Waals surface area contributed by atoms with Crippen LogP contribution < -0.4 is 5.32 Å². The first-order valence-electron chi connectivity index (χ1n) is 7.89. The molecule has 0 unspecified atom stereocenters. The van der Waals surface area contributed by atoms with Gasteiger partial charge in [0.2, 0.25) is 11.0 Å². The average Bonchev–Trinajstić information content (AvgIpc) is 3.06. The van der Waals surface area contributed by atoms with Gasteiger partial charge in [-0.15, -0.1) is 10.2 Å². The number of hydrogen-bond acceptors (Lipinski definition) is 4. The van der Waals surface area contributed by atoms with Crippen molar-refractivity contribution >= 4 is 22.4 Å². The number of anilines is 1. The summed E-state index contributed by atoms with van der Waals surface area (Å²) in [5.41, 5.74) is 1.91. The Labute approximate surface area is 145 Å². The molecule has 4 nitrogen and oxygen atoms in total. The summed E-state index contributed by atoms with van der Waals surface area (Å²) in [6.07, 6.45) is 0. The molecule has 0 saturated carbocycles. The number of amides is 1. The lowest BCUT2D eigenvalue weighted by Gasteiger charge is -2.16. The van der Waals surface area contributed by atoms with E-state index in [1.165, 1.54) is 11.3 Å². The zero-order valence-corrected chi connectivity index (χ0v) is 14.5. The second-order valence-corrected chi connectivity index (χ2v) is 6.85. The lowest BCUT2D eigenvalue weighted by Crippen LogP contribution is -2.22. The van der Waals surface area contributed by atoms with E-state index in [-0.39, 0.29) is 11.8 Å². The van der Waals surface area contributed by atoms with E-state index in [9.17, 15) is 4.79 Å². The van der Waals surface area contributed by atoms with E-state index >= 15 is 0 Å². The molecule has 0 atom stereocenters. The molecule has 2 aromatic carbocycles. The zero-order valence-electron chi connectivity index (χ0n) is 13.6. The van der Waals surface area contributed by atoms with Gasteiger partial charge in [-0.1, -0.05) is 85.8 Å². The van der Waals surface area contributed by atoms with Crippen molar-refractivity contribution in [1.82, 2.24) is 10.2 Å². The molecule has 0 radical (unpaired) electrons. The molecule has 5 heteroatoms. The van der Waals surface area contributed by atoms with Crippen LogP contribution in [0.15, 0.2) is 60.7 Å². The minimum absolute atomic E-state index is 0.0983. The van der Waals surface area contributed by atoms with E-state index in [1.807, 2.05) is 60.7 Å². The van der Waals surface area contributed by atoms with Gasteiger partial charge in [0.1, 0.15) is 5.01 Å². The molecule has 3 rings (SSSR count). The van der Waals surface area contributed by atoms with Gasteiger partial charge in [-0.05, 0) is 11.1 Å². The number of nitrogens with one attached hydrogen (secondary N) is 1. The van der Waals surface area contributed by atoms with E-state index in [2.05, 4.69) is 29.4 Å². The third-order valence-corrected chi connectivity index (χ3v) is 4.83. The Morgan fingerprint density at radius 1 is 0.917 bits per heavy atom. The van der Waals surface area contributed by atoms with Crippen LogP contribution in [0, 0.1) is 0 Å². The SMILES string of the molecule is CC(C)c1nnc(NC(=O)C(c2ccccc2)c2ccccc2)s1. The molecule has 0 bridgehead atoms. The maximum atomic E-state index is 12.9. The molecule has 0 aliphatic heterocycles. The van der Waals surface area contributed by atoms with E-state index < -0.39 is 0 Å². The van der Waals surface area contributed by atoms with Crippen molar-refractivity contribution in [3.05, 3.63) is 76.8 Å². The van der Waals surface area contributed by atoms with E-state index in [4.69, 9.17) is 0 Å². The Morgan fingerprint density at radius 2 is 1.46 bits per heavy atom.